The van der Waals surface area contributed by atoms with Crippen molar-refractivity contribution in [3.05, 3.63) is 35.4 Å². The number of esters is 1. The summed E-state index contributed by atoms with van der Waals surface area (Å²) in [5.74, 6) is -1.48. The molecule has 0 aromatic heterocycles. The third-order valence-electron chi connectivity index (χ3n) is 4.77. The van der Waals surface area contributed by atoms with Crippen LogP contribution in [-0.4, -0.2) is 24.5 Å². The van der Waals surface area contributed by atoms with Gasteiger partial charge in [-0.3, -0.25) is 4.79 Å². The van der Waals surface area contributed by atoms with Crippen molar-refractivity contribution in [1.82, 2.24) is 5.32 Å². The summed E-state index contributed by atoms with van der Waals surface area (Å²) in [6.07, 6.45) is 3.18. The summed E-state index contributed by atoms with van der Waals surface area (Å²) < 4.78 is 44.8. The monoisotopic (exact) mass is 429 g/mol. The lowest BCUT2D eigenvalue weighted by molar-refractivity contribution is -0.146. The molecule has 0 heterocycles. The second kappa shape index (κ2) is 13.3. The van der Waals surface area contributed by atoms with Gasteiger partial charge in [-0.2, -0.15) is 13.2 Å². The predicted octanol–water partition coefficient (Wildman–Crippen LogP) is 6.14. The van der Waals surface area contributed by atoms with Crippen molar-refractivity contribution in [2.24, 2.45) is 5.92 Å². The lowest BCUT2D eigenvalue weighted by Gasteiger charge is -2.20. The first-order chi connectivity index (χ1) is 14.2. The maximum atomic E-state index is 13.2. The minimum atomic E-state index is -4.65. The van der Waals surface area contributed by atoms with Crippen LogP contribution in [0.5, 0.6) is 0 Å². The fraction of sp³-hybridized carbons (Fsp3) is 0.652. The molecule has 1 aromatic rings. The summed E-state index contributed by atoms with van der Waals surface area (Å²) >= 11 is 0. The number of amides is 1. The molecule has 1 aromatic carbocycles. The molecule has 1 amide bonds. The van der Waals surface area contributed by atoms with Gasteiger partial charge < -0.3 is 10.1 Å². The van der Waals surface area contributed by atoms with Gasteiger partial charge in [-0.15, -0.1) is 0 Å². The van der Waals surface area contributed by atoms with E-state index in [9.17, 15) is 22.8 Å². The molecule has 0 radical (unpaired) electrons. The third-order valence-corrected chi connectivity index (χ3v) is 4.77. The Balaban J connectivity index is 2.63. The predicted molar refractivity (Wildman–Crippen MR) is 111 cm³/mol. The molecule has 170 valence electrons. The molecule has 0 aliphatic carbocycles. The molecule has 0 bridgehead atoms. The van der Waals surface area contributed by atoms with Gasteiger partial charge in [-0.1, -0.05) is 71.4 Å². The Morgan fingerprint density at radius 1 is 1.00 bits per heavy atom. The molecule has 0 saturated heterocycles. The molecule has 30 heavy (non-hydrogen) atoms. The Morgan fingerprint density at radius 2 is 1.60 bits per heavy atom. The Labute approximate surface area is 177 Å². The molecule has 0 spiro atoms. The first-order valence-electron chi connectivity index (χ1n) is 10.8. The lowest BCUT2D eigenvalue weighted by Crippen LogP contribution is -2.43. The summed E-state index contributed by atoms with van der Waals surface area (Å²) in [5, 5.41) is 2.44. The van der Waals surface area contributed by atoms with E-state index in [2.05, 4.69) is 12.2 Å². The number of alkyl halides is 3. The number of hydrogen-bond acceptors (Lipinski definition) is 3. The average Bonchev–Trinajstić information content (AvgIpc) is 2.68. The molecular formula is C23H34F3NO3. The maximum absolute atomic E-state index is 13.2. The largest absolute Gasteiger partial charge is 0.464 e. The van der Waals surface area contributed by atoms with E-state index in [0.717, 1.165) is 37.8 Å². The standard InChI is InChI=1S/C23H34F3NO3/c1-4-5-6-7-8-9-12-15-30-22(29)20(16-17(2)3)27-21(28)18-13-10-11-14-19(18)23(24,25)26/h10-11,13-14,17,20H,4-9,12,15-16H2,1-3H3,(H,27,28). The molecule has 1 atom stereocenters. The number of benzene rings is 1. The summed E-state index contributed by atoms with van der Waals surface area (Å²) in [6, 6.07) is 3.56. The number of halogens is 3. The van der Waals surface area contributed by atoms with Crippen LogP contribution in [0.4, 0.5) is 13.2 Å². The van der Waals surface area contributed by atoms with Crippen LogP contribution in [0.15, 0.2) is 24.3 Å². The smallest absolute Gasteiger partial charge is 0.417 e. The highest BCUT2D eigenvalue weighted by Crippen LogP contribution is 2.31. The van der Waals surface area contributed by atoms with Crippen LogP contribution >= 0.6 is 0 Å². The van der Waals surface area contributed by atoms with E-state index in [1.165, 1.54) is 31.4 Å². The van der Waals surface area contributed by atoms with Crippen LogP contribution in [0, 0.1) is 5.92 Å². The first kappa shape index (κ1) is 26.0. The van der Waals surface area contributed by atoms with Crippen molar-refractivity contribution >= 4 is 11.9 Å². The van der Waals surface area contributed by atoms with Gasteiger partial charge in [0.15, 0.2) is 0 Å². The molecule has 0 aliphatic rings. The van der Waals surface area contributed by atoms with E-state index in [4.69, 9.17) is 4.74 Å². The van der Waals surface area contributed by atoms with Gasteiger partial charge in [0.25, 0.3) is 5.91 Å². The van der Waals surface area contributed by atoms with Gasteiger partial charge in [-0.25, -0.2) is 4.79 Å². The van der Waals surface area contributed by atoms with Crippen LogP contribution in [0.3, 0.4) is 0 Å². The second-order valence-electron chi connectivity index (χ2n) is 7.99. The summed E-state index contributed by atoms with van der Waals surface area (Å²) in [5.41, 5.74) is -1.53. The molecule has 0 fully saturated rings. The normalized spacial score (nSPS) is 12.6. The van der Waals surface area contributed by atoms with Gasteiger partial charge in [-0.05, 0) is 30.9 Å². The minimum Gasteiger partial charge on any atom is -0.464 e. The van der Waals surface area contributed by atoms with E-state index in [0.29, 0.717) is 0 Å². The van der Waals surface area contributed by atoms with Gasteiger partial charge in [0.05, 0.1) is 17.7 Å². The zero-order valence-electron chi connectivity index (χ0n) is 18.2. The van der Waals surface area contributed by atoms with Gasteiger partial charge >= 0.3 is 12.1 Å². The Hall–Kier alpha value is -2.05. The average molecular weight is 430 g/mol. The Morgan fingerprint density at radius 3 is 2.20 bits per heavy atom. The van der Waals surface area contributed by atoms with Crippen molar-refractivity contribution in [3.63, 3.8) is 0 Å². The molecular weight excluding hydrogens is 395 g/mol. The summed E-state index contributed by atoms with van der Waals surface area (Å²) in [6.45, 7) is 6.14. The highest BCUT2D eigenvalue weighted by atomic mass is 19.4. The first-order valence-corrected chi connectivity index (χ1v) is 10.8. The van der Waals surface area contributed by atoms with E-state index in [1.54, 1.807) is 0 Å². The van der Waals surface area contributed by atoms with E-state index in [1.807, 2.05) is 13.8 Å². The molecule has 0 saturated carbocycles. The highest BCUT2D eigenvalue weighted by Gasteiger charge is 2.35. The van der Waals surface area contributed by atoms with Crippen molar-refractivity contribution in [1.29, 1.82) is 0 Å². The molecule has 0 aliphatic heterocycles. The number of ether oxygens (including phenoxy) is 1. The Kier molecular flexibility index (Phi) is 11.5. The van der Waals surface area contributed by atoms with Crippen LogP contribution in [0.2, 0.25) is 0 Å². The fourth-order valence-electron chi connectivity index (χ4n) is 3.18. The van der Waals surface area contributed by atoms with Crippen molar-refractivity contribution in [3.8, 4) is 0 Å². The van der Waals surface area contributed by atoms with Crippen LogP contribution in [0.25, 0.3) is 0 Å². The van der Waals surface area contributed by atoms with E-state index < -0.39 is 35.2 Å². The minimum absolute atomic E-state index is 0.0549. The fourth-order valence-corrected chi connectivity index (χ4v) is 3.18. The molecule has 1 rings (SSSR count). The van der Waals surface area contributed by atoms with Crippen molar-refractivity contribution in [2.45, 2.75) is 84.4 Å². The van der Waals surface area contributed by atoms with Crippen LogP contribution in [-0.2, 0) is 15.7 Å². The maximum Gasteiger partial charge on any atom is 0.417 e. The van der Waals surface area contributed by atoms with Crippen LogP contribution < -0.4 is 5.32 Å². The van der Waals surface area contributed by atoms with Gasteiger partial charge in [0.1, 0.15) is 6.04 Å². The second-order valence-corrected chi connectivity index (χ2v) is 7.99. The lowest BCUT2D eigenvalue weighted by atomic mass is 10.0. The number of carbonyl (C=O) groups is 2. The topological polar surface area (TPSA) is 55.4 Å². The molecule has 7 heteroatoms. The summed E-state index contributed by atoms with van der Waals surface area (Å²) in [7, 11) is 0. The molecule has 1 unspecified atom stereocenters. The van der Waals surface area contributed by atoms with E-state index in [-0.39, 0.29) is 18.9 Å². The number of unbranched alkanes of at least 4 members (excludes halogenated alkanes) is 6. The van der Waals surface area contributed by atoms with Crippen molar-refractivity contribution in [2.75, 3.05) is 6.61 Å². The zero-order chi connectivity index (χ0) is 22.6. The number of hydrogen-bond donors (Lipinski definition) is 1. The molecule has 4 nitrogen and oxygen atoms in total. The quantitative estimate of drug-likeness (QED) is 0.302. The third kappa shape index (κ3) is 9.63. The molecule has 1 N–H and O–H groups in total. The van der Waals surface area contributed by atoms with E-state index >= 15 is 0 Å². The number of carbonyl (C=O) groups excluding carboxylic acids is 2. The number of nitrogens with one attached hydrogen (secondary N) is 1. The van der Waals surface area contributed by atoms with Crippen LogP contribution in [0.1, 0.15) is 88.1 Å². The number of rotatable bonds is 13. The zero-order valence-corrected chi connectivity index (χ0v) is 18.2. The van der Waals surface area contributed by atoms with Crippen molar-refractivity contribution < 1.29 is 27.5 Å². The van der Waals surface area contributed by atoms with Gasteiger partial charge in [0.2, 0.25) is 0 Å². The Bertz CT molecular complexity index is 659. The highest BCUT2D eigenvalue weighted by molar-refractivity contribution is 5.98. The SMILES string of the molecule is CCCCCCCCCOC(=O)C(CC(C)C)NC(=O)c1ccccc1C(F)(F)F. The summed E-state index contributed by atoms with van der Waals surface area (Å²) in [4.78, 5) is 24.9. The van der Waals surface area contributed by atoms with Gasteiger partial charge in [0, 0.05) is 0 Å².